The summed E-state index contributed by atoms with van der Waals surface area (Å²) in [5, 5.41) is 16.7. The molecule has 2 aromatic rings. The predicted molar refractivity (Wildman–Crippen MR) is 109 cm³/mol. The Balaban J connectivity index is 1.73. The number of nitrogens with zero attached hydrogens (tertiary/aromatic N) is 1. The van der Waals surface area contributed by atoms with E-state index in [0.29, 0.717) is 28.9 Å². The topological polar surface area (TPSA) is 144 Å². The van der Waals surface area contributed by atoms with E-state index in [1.807, 2.05) is 6.07 Å². The highest BCUT2D eigenvalue weighted by molar-refractivity contribution is 6.07. The minimum absolute atomic E-state index is 0.0499. The molecule has 4 amide bonds. The maximum absolute atomic E-state index is 12.5. The first kappa shape index (κ1) is 20.8. The van der Waals surface area contributed by atoms with E-state index >= 15 is 0 Å². The Kier molecular flexibility index (Phi) is 5.43. The van der Waals surface area contributed by atoms with E-state index in [1.165, 1.54) is 0 Å². The lowest BCUT2D eigenvalue weighted by atomic mass is 9.92. The Morgan fingerprint density at radius 1 is 1.23 bits per heavy atom. The number of carbonyl (C=O) groups is 3. The van der Waals surface area contributed by atoms with Crippen LogP contribution >= 0.6 is 0 Å². The molecule has 0 unspecified atom stereocenters. The Bertz CT molecular complexity index is 1160. The molecule has 0 aliphatic carbocycles. The van der Waals surface area contributed by atoms with Crippen molar-refractivity contribution >= 4 is 23.5 Å². The van der Waals surface area contributed by atoms with E-state index in [2.05, 4.69) is 20.9 Å². The third-order valence-electron chi connectivity index (χ3n) is 5.29. The van der Waals surface area contributed by atoms with Gasteiger partial charge in [0.2, 0.25) is 5.91 Å². The van der Waals surface area contributed by atoms with Gasteiger partial charge in [-0.25, -0.2) is 4.79 Å². The molecule has 30 heavy (non-hydrogen) atoms. The predicted octanol–water partition coefficient (Wildman–Crippen LogP) is 1.49. The van der Waals surface area contributed by atoms with Crippen LogP contribution in [0.1, 0.15) is 41.3 Å². The van der Waals surface area contributed by atoms with Gasteiger partial charge in [0.1, 0.15) is 17.2 Å². The molecule has 0 spiro atoms. The molecule has 3 rings (SSSR count). The van der Waals surface area contributed by atoms with Gasteiger partial charge in [-0.1, -0.05) is 12.1 Å². The summed E-state index contributed by atoms with van der Waals surface area (Å²) in [4.78, 5) is 50.5. The second-order valence-electron chi connectivity index (χ2n) is 7.33. The largest absolute Gasteiger partial charge is 0.326 e. The van der Waals surface area contributed by atoms with Crippen LogP contribution < -0.4 is 21.5 Å². The highest BCUT2D eigenvalue weighted by Crippen LogP contribution is 2.26. The summed E-state index contributed by atoms with van der Waals surface area (Å²) in [5.41, 5.74) is 1.38. The SMILES string of the molecule is Cc1[nH]c(=O)c(C#N)c(C)c1CCC(=O)Nc1cccc([C@@]2(C)NC(=O)NC2=O)c1. The quantitative estimate of drug-likeness (QED) is 0.555. The Morgan fingerprint density at radius 2 is 1.97 bits per heavy atom. The fourth-order valence-corrected chi connectivity index (χ4v) is 3.54. The number of pyridine rings is 1. The van der Waals surface area contributed by atoms with Gasteiger partial charge in [-0.2, -0.15) is 5.26 Å². The third kappa shape index (κ3) is 3.80. The van der Waals surface area contributed by atoms with E-state index in [0.717, 1.165) is 5.56 Å². The fraction of sp³-hybridized carbons (Fsp3) is 0.286. The van der Waals surface area contributed by atoms with Crippen LogP contribution in [-0.2, 0) is 21.5 Å². The molecule has 9 nitrogen and oxygen atoms in total. The van der Waals surface area contributed by atoms with E-state index < -0.39 is 23.0 Å². The summed E-state index contributed by atoms with van der Waals surface area (Å²) in [5.74, 6) is -0.728. The standard InChI is InChI=1S/C21H21N5O4/c1-11-15(12(2)23-18(28)16(11)10-22)7-8-17(27)24-14-6-4-5-13(9-14)21(3)19(29)25-20(30)26-21/h4-6,9H,7-8H2,1-3H3,(H,23,28)(H,24,27)(H2,25,26,29,30)/t21-/m1/s1. The van der Waals surface area contributed by atoms with Crippen molar-refractivity contribution < 1.29 is 14.4 Å². The normalized spacial score (nSPS) is 17.8. The van der Waals surface area contributed by atoms with Gasteiger partial charge in [-0.05, 0) is 56.0 Å². The molecule has 1 atom stereocenters. The molecule has 1 aromatic carbocycles. The van der Waals surface area contributed by atoms with Crippen LogP contribution in [0, 0.1) is 25.2 Å². The lowest BCUT2D eigenvalue weighted by Gasteiger charge is -2.21. The molecule has 1 aromatic heterocycles. The fourth-order valence-electron chi connectivity index (χ4n) is 3.54. The molecule has 0 radical (unpaired) electrons. The molecule has 154 valence electrons. The molecule has 9 heteroatoms. The molecular formula is C21H21N5O4. The molecular weight excluding hydrogens is 386 g/mol. The molecule has 1 saturated heterocycles. The number of aromatic amines is 1. The van der Waals surface area contributed by atoms with Gasteiger partial charge in [-0.3, -0.25) is 19.7 Å². The minimum Gasteiger partial charge on any atom is -0.326 e. The third-order valence-corrected chi connectivity index (χ3v) is 5.29. The van der Waals surface area contributed by atoms with Crippen LogP contribution in [0.2, 0.25) is 0 Å². The zero-order valence-electron chi connectivity index (χ0n) is 16.8. The number of urea groups is 1. The van der Waals surface area contributed by atoms with Gasteiger partial charge in [0, 0.05) is 17.8 Å². The summed E-state index contributed by atoms with van der Waals surface area (Å²) in [7, 11) is 0. The van der Waals surface area contributed by atoms with Crippen molar-refractivity contribution in [1.82, 2.24) is 15.6 Å². The average molecular weight is 407 g/mol. The van der Waals surface area contributed by atoms with E-state index in [4.69, 9.17) is 5.26 Å². The van der Waals surface area contributed by atoms with Gasteiger partial charge in [0.15, 0.2) is 0 Å². The van der Waals surface area contributed by atoms with Crippen molar-refractivity contribution in [2.45, 2.75) is 39.2 Å². The van der Waals surface area contributed by atoms with Crippen LogP contribution in [-0.4, -0.2) is 22.8 Å². The summed E-state index contributed by atoms with van der Waals surface area (Å²) in [6.07, 6.45) is 0.488. The van der Waals surface area contributed by atoms with Crippen molar-refractivity contribution in [2.24, 2.45) is 0 Å². The summed E-state index contributed by atoms with van der Waals surface area (Å²) >= 11 is 0. The number of H-pyrrole nitrogens is 1. The van der Waals surface area contributed by atoms with Crippen molar-refractivity contribution in [3.05, 3.63) is 62.6 Å². The average Bonchev–Trinajstić information content (AvgIpc) is 2.94. The maximum Gasteiger partial charge on any atom is 0.322 e. The van der Waals surface area contributed by atoms with Crippen molar-refractivity contribution in [2.75, 3.05) is 5.32 Å². The van der Waals surface area contributed by atoms with E-state index in [1.54, 1.807) is 45.0 Å². The number of nitrogens with one attached hydrogen (secondary N) is 4. The van der Waals surface area contributed by atoms with Gasteiger partial charge >= 0.3 is 6.03 Å². The summed E-state index contributed by atoms with van der Waals surface area (Å²) in [6, 6.07) is 8.02. The number of imide groups is 1. The first-order chi connectivity index (χ1) is 14.2. The molecule has 4 N–H and O–H groups in total. The maximum atomic E-state index is 12.5. The van der Waals surface area contributed by atoms with E-state index in [-0.39, 0.29) is 17.9 Å². The van der Waals surface area contributed by atoms with Gasteiger partial charge in [0.05, 0.1) is 0 Å². The monoisotopic (exact) mass is 407 g/mol. The second-order valence-corrected chi connectivity index (χ2v) is 7.33. The molecule has 1 aliphatic rings. The van der Waals surface area contributed by atoms with E-state index in [9.17, 15) is 19.2 Å². The first-order valence-corrected chi connectivity index (χ1v) is 9.32. The first-order valence-electron chi connectivity index (χ1n) is 9.32. The number of benzene rings is 1. The second kappa shape index (κ2) is 7.83. The van der Waals surface area contributed by atoms with Crippen LogP contribution in [0.25, 0.3) is 0 Å². The molecule has 1 fully saturated rings. The zero-order valence-corrected chi connectivity index (χ0v) is 16.8. The number of hydrogen-bond acceptors (Lipinski definition) is 5. The Labute approximate surface area is 172 Å². The number of amides is 4. The number of nitriles is 1. The lowest BCUT2D eigenvalue weighted by molar-refractivity contribution is -0.123. The van der Waals surface area contributed by atoms with Crippen LogP contribution in [0.4, 0.5) is 10.5 Å². The van der Waals surface area contributed by atoms with Gasteiger partial charge in [-0.15, -0.1) is 0 Å². The highest BCUT2D eigenvalue weighted by Gasteiger charge is 2.43. The highest BCUT2D eigenvalue weighted by atomic mass is 16.2. The number of hydrogen-bond donors (Lipinski definition) is 4. The van der Waals surface area contributed by atoms with Crippen molar-refractivity contribution in [3.63, 3.8) is 0 Å². The van der Waals surface area contributed by atoms with Crippen molar-refractivity contribution in [1.29, 1.82) is 5.26 Å². The number of aryl methyl sites for hydroxylation is 1. The lowest BCUT2D eigenvalue weighted by Crippen LogP contribution is -2.40. The minimum atomic E-state index is -1.21. The Hall–Kier alpha value is -3.93. The smallest absolute Gasteiger partial charge is 0.322 e. The molecule has 0 bridgehead atoms. The molecule has 0 saturated carbocycles. The van der Waals surface area contributed by atoms with Crippen LogP contribution in [0.15, 0.2) is 29.1 Å². The zero-order chi connectivity index (χ0) is 22.1. The number of aromatic nitrogens is 1. The van der Waals surface area contributed by atoms with Gasteiger partial charge < -0.3 is 15.6 Å². The summed E-state index contributed by atoms with van der Waals surface area (Å²) in [6.45, 7) is 5.01. The number of carbonyl (C=O) groups excluding carboxylic acids is 3. The summed E-state index contributed by atoms with van der Waals surface area (Å²) < 4.78 is 0. The number of rotatable bonds is 5. The van der Waals surface area contributed by atoms with Crippen molar-refractivity contribution in [3.8, 4) is 6.07 Å². The Morgan fingerprint density at radius 3 is 2.60 bits per heavy atom. The van der Waals surface area contributed by atoms with Crippen LogP contribution in [0.5, 0.6) is 0 Å². The van der Waals surface area contributed by atoms with Gasteiger partial charge in [0.25, 0.3) is 11.5 Å². The van der Waals surface area contributed by atoms with Crippen LogP contribution in [0.3, 0.4) is 0 Å². The molecule has 1 aliphatic heterocycles. The molecule has 2 heterocycles. The number of anilines is 1.